The minimum absolute atomic E-state index is 0.205. The highest BCUT2D eigenvalue weighted by molar-refractivity contribution is 5.69. The van der Waals surface area contributed by atoms with Crippen LogP contribution in [0.1, 0.15) is 40.0 Å². The third-order valence-corrected chi connectivity index (χ3v) is 3.40. The van der Waals surface area contributed by atoms with E-state index in [0.717, 1.165) is 31.8 Å². The molecule has 1 N–H and O–H groups in total. The van der Waals surface area contributed by atoms with Gasteiger partial charge < -0.3 is 5.11 Å². The first-order valence-electron chi connectivity index (χ1n) is 5.84. The molecular formula is C12H23NO2. The monoisotopic (exact) mass is 213 g/mol. The van der Waals surface area contributed by atoms with Gasteiger partial charge in [-0.15, -0.1) is 0 Å². The third kappa shape index (κ3) is 4.20. The fourth-order valence-electron chi connectivity index (χ4n) is 2.37. The summed E-state index contributed by atoms with van der Waals surface area (Å²) in [5.41, 5.74) is 0.360. The van der Waals surface area contributed by atoms with Gasteiger partial charge in [0.15, 0.2) is 0 Å². The van der Waals surface area contributed by atoms with E-state index in [4.69, 9.17) is 5.11 Å². The second kappa shape index (κ2) is 4.97. The van der Waals surface area contributed by atoms with Crippen LogP contribution in [0.15, 0.2) is 0 Å². The Balaban J connectivity index is 2.45. The summed E-state index contributed by atoms with van der Waals surface area (Å²) >= 11 is 0. The summed E-state index contributed by atoms with van der Waals surface area (Å²) in [5.74, 6) is 0.0282. The molecule has 1 fully saturated rings. The molecule has 1 heterocycles. The summed E-state index contributed by atoms with van der Waals surface area (Å²) in [7, 11) is 0. The van der Waals surface area contributed by atoms with Crippen molar-refractivity contribution in [3.63, 3.8) is 0 Å². The molecule has 1 aliphatic rings. The van der Waals surface area contributed by atoms with Crippen molar-refractivity contribution >= 4 is 5.97 Å². The molecule has 0 bridgehead atoms. The number of rotatable bonds is 2. The number of carbonyl (C=O) groups is 1. The van der Waals surface area contributed by atoms with Gasteiger partial charge >= 0.3 is 5.97 Å². The Kier molecular flexibility index (Phi) is 4.14. The third-order valence-electron chi connectivity index (χ3n) is 3.40. The summed E-state index contributed by atoms with van der Waals surface area (Å²) < 4.78 is 0. The summed E-state index contributed by atoms with van der Waals surface area (Å²) in [4.78, 5) is 12.7. The molecule has 15 heavy (non-hydrogen) atoms. The molecular weight excluding hydrogens is 190 g/mol. The zero-order chi connectivity index (χ0) is 11.5. The van der Waals surface area contributed by atoms with Crippen molar-refractivity contribution in [2.75, 3.05) is 19.6 Å². The molecule has 0 aliphatic carbocycles. The van der Waals surface area contributed by atoms with Crippen molar-refractivity contribution in [2.24, 2.45) is 11.3 Å². The predicted octanol–water partition coefficient (Wildman–Crippen LogP) is 2.22. The van der Waals surface area contributed by atoms with Gasteiger partial charge in [0.1, 0.15) is 0 Å². The topological polar surface area (TPSA) is 40.5 Å². The molecule has 1 unspecified atom stereocenters. The highest BCUT2D eigenvalue weighted by atomic mass is 16.4. The fraction of sp³-hybridized carbons (Fsp3) is 0.917. The molecule has 1 rings (SSSR count). The van der Waals surface area contributed by atoms with E-state index in [1.165, 1.54) is 6.42 Å². The van der Waals surface area contributed by atoms with Gasteiger partial charge in [0.25, 0.3) is 0 Å². The number of carboxylic acids is 1. The maximum Gasteiger partial charge on any atom is 0.317 e. The average molecular weight is 213 g/mol. The van der Waals surface area contributed by atoms with Crippen LogP contribution in [-0.2, 0) is 4.79 Å². The fourth-order valence-corrected chi connectivity index (χ4v) is 2.37. The molecule has 1 atom stereocenters. The first-order chi connectivity index (χ1) is 6.89. The van der Waals surface area contributed by atoms with Gasteiger partial charge in [-0.3, -0.25) is 9.69 Å². The highest BCUT2D eigenvalue weighted by Gasteiger charge is 2.27. The van der Waals surface area contributed by atoms with Gasteiger partial charge in [-0.2, -0.15) is 0 Å². The first-order valence-corrected chi connectivity index (χ1v) is 5.84. The largest absolute Gasteiger partial charge is 0.480 e. The van der Waals surface area contributed by atoms with E-state index < -0.39 is 5.97 Å². The van der Waals surface area contributed by atoms with Crippen LogP contribution in [0.25, 0.3) is 0 Å². The molecule has 0 aromatic rings. The van der Waals surface area contributed by atoms with E-state index in [9.17, 15) is 4.79 Å². The highest BCUT2D eigenvalue weighted by Crippen LogP contribution is 2.34. The van der Waals surface area contributed by atoms with E-state index >= 15 is 0 Å². The Labute approximate surface area is 92.5 Å². The minimum Gasteiger partial charge on any atom is -0.480 e. The Morgan fingerprint density at radius 1 is 1.33 bits per heavy atom. The quantitative estimate of drug-likeness (QED) is 0.764. The van der Waals surface area contributed by atoms with Gasteiger partial charge in [0, 0.05) is 0 Å². The number of hydrogen-bond donors (Lipinski definition) is 1. The molecule has 3 heteroatoms. The average Bonchev–Trinajstić information content (AvgIpc) is 2.27. The lowest BCUT2D eigenvalue weighted by Gasteiger charge is -2.29. The SMILES string of the molecule is CC(C)(C)C1CCCN(CC(=O)O)CC1. The summed E-state index contributed by atoms with van der Waals surface area (Å²) in [5, 5.41) is 8.74. The number of hydrogen-bond acceptors (Lipinski definition) is 2. The lowest BCUT2D eigenvalue weighted by atomic mass is 9.77. The molecule has 0 aromatic carbocycles. The smallest absolute Gasteiger partial charge is 0.317 e. The summed E-state index contributed by atoms with van der Waals surface area (Å²) in [6, 6.07) is 0. The minimum atomic E-state index is -0.704. The Morgan fingerprint density at radius 3 is 2.53 bits per heavy atom. The van der Waals surface area contributed by atoms with Crippen molar-refractivity contribution in [3.05, 3.63) is 0 Å². The lowest BCUT2D eigenvalue weighted by Crippen LogP contribution is -2.31. The van der Waals surface area contributed by atoms with Crippen LogP contribution in [0.5, 0.6) is 0 Å². The van der Waals surface area contributed by atoms with Gasteiger partial charge in [0.05, 0.1) is 6.54 Å². The Bertz CT molecular complexity index is 220. The van der Waals surface area contributed by atoms with Crippen molar-refractivity contribution in [1.29, 1.82) is 0 Å². The molecule has 1 saturated heterocycles. The maximum atomic E-state index is 10.6. The standard InChI is InChI=1S/C12H23NO2/c1-12(2,3)10-5-4-7-13(8-6-10)9-11(14)15/h10H,4-9H2,1-3H3,(H,14,15). The Morgan fingerprint density at radius 2 is 2.00 bits per heavy atom. The van der Waals surface area contributed by atoms with Crippen LogP contribution >= 0.6 is 0 Å². The number of likely N-dealkylation sites (tertiary alicyclic amines) is 1. The van der Waals surface area contributed by atoms with E-state index in [1.54, 1.807) is 0 Å². The van der Waals surface area contributed by atoms with Crippen LogP contribution in [0, 0.1) is 11.3 Å². The molecule has 88 valence electrons. The molecule has 0 saturated carbocycles. The van der Waals surface area contributed by atoms with Crippen LogP contribution in [-0.4, -0.2) is 35.6 Å². The van der Waals surface area contributed by atoms with Gasteiger partial charge in [-0.05, 0) is 43.7 Å². The molecule has 1 aliphatic heterocycles. The number of carboxylic acid groups (broad SMARTS) is 1. The van der Waals surface area contributed by atoms with Gasteiger partial charge in [-0.1, -0.05) is 20.8 Å². The van der Waals surface area contributed by atoms with Crippen molar-refractivity contribution < 1.29 is 9.90 Å². The molecule has 0 amide bonds. The van der Waals surface area contributed by atoms with Crippen LogP contribution in [0.2, 0.25) is 0 Å². The number of nitrogens with zero attached hydrogens (tertiary/aromatic N) is 1. The second-order valence-electron chi connectivity index (χ2n) is 5.66. The molecule has 0 spiro atoms. The van der Waals surface area contributed by atoms with Crippen LogP contribution in [0.3, 0.4) is 0 Å². The van der Waals surface area contributed by atoms with E-state index in [0.29, 0.717) is 5.41 Å². The zero-order valence-corrected chi connectivity index (χ0v) is 10.1. The summed E-state index contributed by atoms with van der Waals surface area (Å²) in [6.45, 7) is 8.93. The van der Waals surface area contributed by atoms with Crippen LogP contribution < -0.4 is 0 Å². The zero-order valence-electron chi connectivity index (χ0n) is 10.1. The lowest BCUT2D eigenvalue weighted by molar-refractivity contribution is -0.138. The molecule has 0 radical (unpaired) electrons. The van der Waals surface area contributed by atoms with Gasteiger partial charge in [-0.25, -0.2) is 0 Å². The van der Waals surface area contributed by atoms with E-state index in [1.807, 2.05) is 0 Å². The number of aliphatic carboxylic acids is 1. The van der Waals surface area contributed by atoms with Crippen molar-refractivity contribution in [2.45, 2.75) is 40.0 Å². The maximum absolute atomic E-state index is 10.6. The first kappa shape index (κ1) is 12.5. The van der Waals surface area contributed by atoms with E-state index in [-0.39, 0.29) is 6.54 Å². The normalized spacial score (nSPS) is 24.9. The van der Waals surface area contributed by atoms with Gasteiger partial charge in [0.2, 0.25) is 0 Å². The van der Waals surface area contributed by atoms with Crippen LogP contribution in [0.4, 0.5) is 0 Å². The molecule has 3 nitrogen and oxygen atoms in total. The predicted molar refractivity (Wildman–Crippen MR) is 60.9 cm³/mol. The summed E-state index contributed by atoms with van der Waals surface area (Å²) in [6.07, 6.45) is 3.51. The van der Waals surface area contributed by atoms with Crippen molar-refractivity contribution in [1.82, 2.24) is 4.90 Å². The second-order valence-corrected chi connectivity index (χ2v) is 5.66. The molecule has 0 aromatic heterocycles. The van der Waals surface area contributed by atoms with Crippen molar-refractivity contribution in [3.8, 4) is 0 Å². The van der Waals surface area contributed by atoms with E-state index in [2.05, 4.69) is 25.7 Å². The Hall–Kier alpha value is -0.570.